The lowest BCUT2D eigenvalue weighted by Gasteiger charge is -2.21. The van der Waals surface area contributed by atoms with Gasteiger partial charge in [0.05, 0.1) is 30.5 Å². The van der Waals surface area contributed by atoms with Crippen molar-refractivity contribution < 1.29 is 14.3 Å². The molecule has 0 heterocycles. The number of ether oxygens (including phenoxy) is 2. The first-order chi connectivity index (χ1) is 10.1. The molecule has 0 aliphatic rings. The van der Waals surface area contributed by atoms with Crippen LogP contribution in [0.15, 0.2) is 22.7 Å². The molecule has 1 rings (SSSR count). The number of amides is 1. The van der Waals surface area contributed by atoms with E-state index in [1.165, 1.54) is 0 Å². The molecule has 0 bridgehead atoms. The molecule has 118 valence electrons. The van der Waals surface area contributed by atoms with Gasteiger partial charge in [-0.1, -0.05) is 27.5 Å². The highest BCUT2D eigenvalue weighted by atomic mass is 79.9. The average molecular weight is 380 g/mol. The van der Waals surface area contributed by atoms with E-state index in [4.69, 9.17) is 21.1 Å². The number of anilines is 1. The van der Waals surface area contributed by atoms with Crippen LogP contribution in [0.2, 0.25) is 5.02 Å². The molecule has 1 N–H and O–H groups in total. The van der Waals surface area contributed by atoms with E-state index in [2.05, 4.69) is 21.2 Å². The third kappa shape index (κ3) is 7.24. The fourth-order valence-corrected chi connectivity index (χ4v) is 2.42. The third-order valence-corrected chi connectivity index (χ3v) is 3.60. The van der Waals surface area contributed by atoms with Crippen LogP contribution in [0.1, 0.15) is 0 Å². The minimum absolute atomic E-state index is 0.119. The number of methoxy groups -OCH3 is 2. The highest BCUT2D eigenvalue weighted by Crippen LogP contribution is 2.25. The number of benzene rings is 1. The second-order valence-corrected chi connectivity index (χ2v) is 5.76. The number of carbonyl (C=O) groups is 1. The van der Waals surface area contributed by atoms with Crippen molar-refractivity contribution in [1.82, 2.24) is 4.90 Å². The van der Waals surface area contributed by atoms with Crippen molar-refractivity contribution in [2.45, 2.75) is 0 Å². The van der Waals surface area contributed by atoms with E-state index in [1.807, 2.05) is 11.0 Å². The Labute approximate surface area is 138 Å². The SMILES string of the molecule is COCCN(CCOC)CC(=O)Nc1ccc(Br)cc1Cl. The summed E-state index contributed by atoms with van der Waals surface area (Å²) in [6.07, 6.45) is 0. The van der Waals surface area contributed by atoms with Crippen molar-refractivity contribution in [3.8, 4) is 0 Å². The first-order valence-electron chi connectivity index (χ1n) is 6.52. The molecule has 0 spiro atoms. The Morgan fingerprint density at radius 1 is 1.29 bits per heavy atom. The van der Waals surface area contributed by atoms with Crippen molar-refractivity contribution >= 4 is 39.1 Å². The Hall–Kier alpha value is -0.660. The van der Waals surface area contributed by atoms with E-state index in [1.54, 1.807) is 26.4 Å². The van der Waals surface area contributed by atoms with Crippen molar-refractivity contribution in [3.05, 3.63) is 27.7 Å². The van der Waals surface area contributed by atoms with Crippen molar-refractivity contribution in [3.63, 3.8) is 0 Å². The Morgan fingerprint density at radius 2 is 1.90 bits per heavy atom. The Balaban J connectivity index is 2.55. The normalized spacial score (nSPS) is 10.9. The molecule has 1 amide bonds. The smallest absolute Gasteiger partial charge is 0.238 e. The number of halogens is 2. The summed E-state index contributed by atoms with van der Waals surface area (Å²) in [5.41, 5.74) is 0.600. The van der Waals surface area contributed by atoms with E-state index in [-0.39, 0.29) is 12.5 Å². The van der Waals surface area contributed by atoms with Crippen molar-refractivity contribution in [1.29, 1.82) is 0 Å². The largest absolute Gasteiger partial charge is 0.383 e. The topological polar surface area (TPSA) is 50.8 Å². The maximum absolute atomic E-state index is 12.1. The number of rotatable bonds is 9. The number of carbonyl (C=O) groups excluding carboxylic acids is 1. The summed E-state index contributed by atoms with van der Waals surface area (Å²) in [5, 5.41) is 3.30. The molecule has 7 heteroatoms. The molecule has 0 fully saturated rings. The van der Waals surface area contributed by atoms with Gasteiger partial charge in [0.25, 0.3) is 0 Å². The van der Waals surface area contributed by atoms with Crippen LogP contribution < -0.4 is 5.32 Å². The summed E-state index contributed by atoms with van der Waals surface area (Å²) < 4.78 is 11.0. The number of hydrogen-bond acceptors (Lipinski definition) is 4. The molecule has 0 saturated carbocycles. The molecule has 1 aromatic carbocycles. The van der Waals surface area contributed by atoms with Crippen LogP contribution in [-0.4, -0.2) is 57.9 Å². The molecule has 0 aliphatic carbocycles. The Kier molecular flexibility index (Phi) is 8.87. The summed E-state index contributed by atoms with van der Waals surface area (Å²) in [4.78, 5) is 14.0. The predicted octanol–water partition coefficient (Wildman–Crippen LogP) is 2.64. The molecular weight excluding hydrogens is 360 g/mol. The zero-order valence-electron chi connectivity index (χ0n) is 12.2. The van der Waals surface area contributed by atoms with Gasteiger partial charge < -0.3 is 14.8 Å². The molecule has 5 nitrogen and oxygen atoms in total. The Bertz CT molecular complexity index is 452. The van der Waals surface area contributed by atoms with Crippen LogP contribution >= 0.6 is 27.5 Å². The van der Waals surface area contributed by atoms with Gasteiger partial charge in [-0.25, -0.2) is 0 Å². The summed E-state index contributed by atoms with van der Waals surface area (Å²) in [6.45, 7) is 2.73. The minimum Gasteiger partial charge on any atom is -0.383 e. The molecular formula is C14H20BrClN2O3. The average Bonchev–Trinajstić information content (AvgIpc) is 2.45. The fourth-order valence-electron chi connectivity index (χ4n) is 1.69. The van der Waals surface area contributed by atoms with Gasteiger partial charge in [0.15, 0.2) is 0 Å². The molecule has 0 aromatic heterocycles. The molecule has 0 unspecified atom stereocenters. The molecule has 0 saturated heterocycles. The Morgan fingerprint density at radius 3 is 2.43 bits per heavy atom. The van der Waals surface area contributed by atoms with E-state index < -0.39 is 0 Å². The maximum atomic E-state index is 12.1. The highest BCUT2D eigenvalue weighted by molar-refractivity contribution is 9.10. The summed E-state index contributed by atoms with van der Waals surface area (Å²) in [7, 11) is 3.27. The zero-order chi connectivity index (χ0) is 15.7. The van der Waals surface area contributed by atoms with Crippen LogP contribution in [0.5, 0.6) is 0 Å². The quantitative estimate of drug-likeness (QED) is 0.716. The second-order valence-electron chi connectivity index (χ2n) is 4.43. The van der Waals surface area contributed by atoms with Gasteiger partial charge in [0, 0.05) is 31.8 Å². The first kappa shape index (κ1) is 18.4. The van der Waals surface area contributed by atoms with Gasteiger partial charge >= 0.3 is 0 Å². The number of nitrogens with one attached hydrogen (secondary N) is 1. The summed E-state index contributed by atoms with van der Waals surface area (Å²) in [5.74, 6) is -0.119. The highest BCUT2D eigenvalue weighted by Gasteiger charge is 2.12. The molecule has 0 radical (unpaired) electrons. The van der Waals surface area contributed by atoms with Crippen molar-refractivity contribution in [2.24, 2.45) is 0 Å². The van der Waals surface area contributed by atoms with Crippen LogP contribution in [0.25, 0.3) is 0 Å². The second kappa shape index (κ2) is 10.1. The van der Waals surface area contributed by atoms with E-state index >= 15 is 0 Å². The molecule has 1 aromatic rings. The first-order valence-corrected chi connectivity index (χ1v) is 7.69. The number of hydrogen-bond donors (Lipinski definition) is 1. The van der Waals surface area contributed by atoms with Crippen LogP contribution in [0.4, 0.5) is 5.69 Å². The minimum atomic E-state index is -0.119. The lowest BCUT2D eigenvalue weighted by Crippen LogP contribution is -2.37. The lowest BCUT2D eigenvalue weighted by atomic mass is 10.3. The maximum Gasteiger partial charge on any atom is 0.238 e. The van der Waals surface area contributed by atoms with Gasteiger partial charge in [0.2, 0.25) is 5.91 Å². The van der Waals surface area contributed by atoms with E-state index in [0.29, 0.717) is 37.0 Å². The monoisotopic (exact) mass is 378 g/mol. The van der Waals surface area contributed by atoms with Gasteiger partial charge in [-0.3, -0.25) is 9.69 Å². The van der Waals surface area contributed by atoms with Crippen LogP contribution in [0.3, 0.4) is 0 Å². The third-order valence-electron chi connectivity index (χ3n) is 2.80. The van der Waals surface area contributed by atoms with Crippen LogP contribution in [0, 0.1) is 0 Å². The van der Waals surface area contributed by atoms with E-state index in [9.17, 15) is 4.79 Å². The summed E-state index contributed by atoms with van der Waals surface area (Å²) >= 11 is 9.41. The number of nitrogens with zero attached hydrogens (tertiary/aromatic N) is 1. The zero-order valence-corrected chi connectivity index (χ0v) is 14.5. The summed E-state index contributed by atoms with van der Waals surface area (Å²) in [6, 6.07) is 5.33. The molecule has 21 heavy (non-hydrogen) atoms. The van der Waals surface area contributed by atoms with Crippen LogP contribution in [-0.2, 0) is 14.3 Å². The fraction of sp³-hybridized carbons (Fsp3) is 0.500. The van der Waals surface area contributed by atoms with Gasteiger partial charge in [0.1, 0.15) is 0 Å². The van der Waals surface area contributed by atoms with Gasteiger partial charge in [-0.15, -0.1) is 0 Å². The van der Waals surface area contributed by atoms with E-state index in [0.717, 1.165) is 4.47 Å². The van der Waals surface area contributed by atoms with Crippen molar-refractivity contribution in [2.75, 3.05) is 52.4 Å². The molecule has 0 aliphatic heterocycles. The molecule has 0 atom stereocenters. The standard InChI is InChI=1S/C14H20BrClN2O3/c1-20-7-5-18(6-8-21-2)10-14(19)17-13-4-3-11(15)9-12(13)16/h3-4,9H,5-8,10H2,1-2H3,(H,17,19). The van der Waals surface area contributed by atoms with Gasteiger partial charge in [-0.2, -0.15) is 0 Å². The van der Waals surface area contributed by atoms with Gasteiger partial charge in [-0.05, 0) is 18.2 Å². The lowest BCUT2D eigenvalue weighted by molar-refractivity contribution is -0.117. The predicted molar refractivity (Wildman–Crippen MR) is 88.0 cm³/mol.